The normalized spacial score (nSPS) is 16.3. The van der Waals surface area contributed by atoms with Crippen LogP contribution in [-0.2, 0) is 14.4 Å². The number of para-hydroxylation sites is 1. The molecule has 0 saturated carbocycles. The van der Waals surface area contributed by atoms with Gasteiger partial charge in [0.2, 0.25) is 18.0 Å². The number of nitrogens with one attached hydrogen (secondary N) is 1. The first kappa shape index (κ1) is 31.4. The Kier molecular flexibility index (Phi) is 9.00. The first-order valence-corrected chi connectivity index (χ1v) is 14.1. The lowest BCUT2D eigenvalue weighted by Crippen LogP contribution is -2.49. The highest BCUT2D eigenvalue weighted by atomic mass is 35.5. The summed E-state index contributed by atoms with van der Waals surface area (Å²) in [6, 6.07) is 18.8. The molecule has 3 amide bonds. The van der Waals surface area contributed by atoms with Gasteiger partial charge in [-0.15, -0.1) is 0 Å². The zero-order chi connectivity index (χ0) is 32.3. The smallest absolute Gasteiger partial charge is 0.369 e. The van der Waals surface area contributed by atoms with E-state index in [1.54, 1.807) is 54.6 Å². The summed E-state index contributed by atoms with van der Waals surface area (Å²) in [5.41, 5.74) is 7.71. The van der Waals surface area contributed by atoms with E-state index in [0.717, 1.165) is 6.26 Å². The van der Waals surface area contributed by atoms with E-state index >= 15 is 0 Å². The Hall–Kier alpha value is -5.04. The van der Waals surface area contributed by atoms with Crippen LogP contribution in [0, 0.1) is 12.8 Å². The van der Waals surface area contributed by atoms with E-state index < -0.39 is 54.7 Å². The van der Waals surface area contributed by atoms with Crippen LogP contribution in [0.2, 0.25) is 5.02 Å². The number of hydrogen-bond acceptors (Lipinski definition) is 7. The number of carbonyl (C=O) groups excluding carboxylic acids is 3. The number of aromatic nitrogens is 2. The summed E-state index contributed by atoms with van der Waals surface area (Å²) in [7, 11) is 0. The molecule has 10 nitrogen and oxygen atoms in total. The second-order valence-electron chi connectivity index (χ2n) is 10.3. The summed E-state index contributed by atoms with van der Waals surface area (Å²) in [5, 5.41) is 6.52. The number of aryl methyl sites for hydroxylation is 1. The Morgan fingerprint density at radius 3 is 2.42 bits per heavy atom. The number of pyridine rings is 1. The Balaban J connectivity index is 1.62. The molecule has 2 unspecified atom stereocenters. The fraction of sp³-hybridized carbons (Fsp3) is 0.226. The summed E-state index contributed by atoms with van der Waals surface area (Å²) in [6.45, 7) is 1.47. The fourth-order valence-corrected chi connectivity index (χ4v) is 5.31. The maximum atomic E-state index is 14.3. The summed E-state index contributed by atoms with van der Waals surface area (Å²) in [6.07, 6.45) is -6.11. The van der Waals surface area contributed by atoms with Gasteiger partial charge in [0, 0.05) is 29.3 Å². The van der Waals surface area contributed by atoms with Gasteiger partial charge in [-0.05, 0) is 31.5 Å². The van der Waals surface area contributed by atoms with E-state index in [9.17, 15) is 27.6 Å². The molecule has 232 valence electrons. The molecule has 2 aromatic heterocycles. The van der Waals surface area contributed by atoms with Crippen LogP contribution in [0.5, 0.6) is 0 Å². The maximum Gasteiger partial charge on any atom is 0.389 e. The quantitative estimate of drug-likeness (QED) is 0.257. The van der Waals surface area contributed by atoms with Crippen LogP contribution >= 0.6 is 11.6 Å². The number of benzodiazepines with no additional fused rings is 1. The van der Waals surface area contributed by atoms with Gasteiger partial charge in [0.1, 0.15) is 12.1 Å². The van der Waals surface area contributed by atoms with Gasteiger partial charge in [0.15, 0.2) is 0 Å². The largest absolute Gasteiger partial charge is 0.389 e. The molecule has 3 heterocycles. The summed E-state index contributed by atoms with van der Waals surface area (Å²) >= 11 is 6.05. The van der Waals surface area contributed by atoms with E-state index in [-0.39, 0.29) is 17.1 Å². The zero-order valence-corrected chi connectivity index (χ0v) is 24.4. The minimum Gasteiger partial charge on any atom is -0.369 e. The van der Waals surface area contributed by atoms with Crippen molar-refractivity contribution in [1.29, 1.82) is 0 Å². The predicted octanol–water partition coefficient (Wildman–Crippen LogP) is 5.22. The Labute approximate surface area is 260 Å². The number of fused-ring (bicyclic) bond motifs is 1. The monoisotopic (exact) mass is 638 g/mol. The standard InChI is InChI=1S/C31H26ClF3N6O4/c1-17-22(16-45-40-17)25(27(36)42)21(13-14-31(33,34)35)29(43)39-28-30(44)41(24-12-11-19(32)15-37-24)23-10-6-5-9-20(23)26(38-28)18-7-3-2-4-8-18/h2-12,15-16,21,25,28H,13-14H2,1H3,(H2,36,42)(H,39,43)/t21?,25?,28-/m1/s1. The second kappa shape index (κ2) is 12.9. The fourth-order valence-electron chi connectivity index (χ4n) is 5.20. The van der Waals surface area contributed by atoms with Crippen LogP contribution < -0.4 is 16.0 Å². The van der Waals surface area contributed by atoms with Crippen LogP contribution in [0.3, 0.4) is 0 Å². The number of anilines is 2. The third-order valence-corrected chi connectivity index (χ3v) is 7.51. The highest BCUT2D eigenvalue weighted by Gasteiger charge is 2.42. The molecule has 0 saturated heterocycles. The van der Waals surface area contributed by atoms with Gasteiger partial charge < -0.3 is 15.6 Å². The molecule has 0 spiro atoms. The Bertz CT molecular complexity index is 1740. The SMILES string of the molecule is Cc1nocc1C(C(N)=O)C(CCC(F)(F)F)C(=O)N[C@H]1N=C(c2ccccc2)c2ccccc2N(c2ccc(Cl)cn2)C1=O. The number of amides is 3. The molecule has 45 heavy (non-hydrogen) atoms. The Morgan fingerprint density at radius 1 is 1.09 bits per heavy atom. The van der Waals surface area contributed by atoms with Gasteiger partial charge in [-0.25, -0.2) is 9.98 Å². The van der Waals surface area contributed by atoms with Crippen molar-refractivity contribution >= 4 is 46.5 Å². The van der Waals surface area contributed by atoms with Crippen molar-refractivity contribution in [2.45, 2.75) is 38.0 Å². The van der Waals surface area contributed by atoms with E-state index in [1.807, 2.05) is 0 Å². The molecule has 0 fully saturated rings. The second-order valence-corrected chi connectivity index (χ2v) is 10.7. The van der Waals surface area contributed by atoms with Crippen molar-refractivity contribution < 1.29 is 32.1 Å². The third kappa shape index (κ3) is 6.88. The number of alkyl halides is 3. The molecule has 14 heteroatoms. The molecular weight excluding hydrogens is 613 g/mol. The zero-order valence-electron chi connectivity index (χ0n) is 23.7. The van der Waals surface area contributed by atoms with Crippen molar-refractivity contribution in [1.82, 2.24) is 15.5 Å². The molecule has 3 atom stereocenters. The number of halogens is 4. The van der Waals surface area contributed by atoms with E-state index in [0.29, 0.717) is 27.5 Å². The number of rotatable bonds is 9. The summed E-state index contributed by atoms with van der Waals surface area (Å²) < 4.78 is 45.2. The van der Waals surface area contributed by atoms with Gasteiger partial charge >= 0.3 is 6.18 Å². The van der Waals surface area contributed by atoms with Crippen LogP contribution in [-0.4, -0.2) is 45.9 Å². The molecule has 0 radical (unpaired) electrons. The average molecular weight is 639 g/mol. The van der Waals surface area contributed by atoms with Crippen molar-refractivity contribution in [2.24, 2.45) is 16.6 Å². The van der Waals surface area contributed by atoms with E-state index in [1.165, 1.54) is 30.2 Å². The van der Waals surface area contributed by atoms with Gasteiger partial charge in [-0.1, -0.05) is 65.3 Å². The topological polar surface area (TPSA) is 144 Å². The van der Waals surface area contributed by atoms with Crippen molar-refractivity contribution in [2.75, 3.05) is 4.90 Å². The predicted molar refractivity (Wildman–Crippen MR) is 159 cm³/mol. The van der Waals surface area contributed by atoms with Crippen molar-refractivity contribution in [3.05, 3.63) is 107 Å². The molecule has 1 aliphatic rings. The molecule has 5 rings (SSSR count). The molecule has 0 aliphatic carbocycles. The molecule has 1 aliphatic heterocycles. The number of carbonyl (C=O) groups is 3. The third-order valence-electron chi connectivity index (χ3n) is 7.29. The molecule has 0 bridgehead atoms. The van der Waals surface area contributed by atoms with Gasteiger partial charge in [-0.2, -0.15) is 13.2 Å². The van der Waals surface area contributed by atoms with Crippen LogP contribution in [0.15, 0.2) is 88.7 Å². The van der Waals surface area contributed by atoms with Crippen LogP contribution in [0.1, 0.15) is 41.1 Å². The lowest BCUT2D eigenvalue weighted by Gasteiger charge is -2.27. The highest BCUT2D eigenvalue weighted by Crippen LogP contribution is 2.36. The van der Waals surface area contributed by atoms with Gasteiger partial charge in [-0.3, -0.25) is 19.3 Å². The van der Waals surface area contributed by atoms with Crippen molar-refractivity contribution in [3.8, 4) is 0 Å². The summed E-state index contributed by atoms with van der Waals surface area (Å²) in [5.74, 6) is -5.91. The minimum atomic E-state index is -4.65. The lowest BCUT2D eigenvalue weighted by molar-refractivity contribution is -0.144. The van der Waals surface area contributed by atoms with Crippen molar-refractivity contribution in [3.63, 3.8) is 0 Å². The van der Waals surface area contributed by atoms with Crippen LogP contribution in [0.4, 0.5) is 24.7 Å². The number of nitrogens with two attached hydrogens (primary N) is 1. The van der Waals surface area contributed by atoms with E-state index in [4.69, 9.17) is 21.9 Å². The average Bonchev–Trinajstić information content (AvgIpc) is 3.38. The maximum absolute atomic E-state index is 14.3. The Morgan fingerprint density at radius 2 is 1.80 bits per heavy atom. The van der Waals surface area contributed by atoms with Gasteiger partial charge in [0.05, 0.1) is 34.0 Å². The van der Waals surface area contributed by atoms with Crippen LogP contribution in [0.25, 0.3) is 0 Å². The first-order valence-electron chi connectivity index (χ1n) is 13.7. The van der Waals surface area contributed by atoms with Gasteiger partial charge in [0.25, 0.3) is 5.91 Å². The highest BCUT2D eigenvalue weighted by molar-refractivity contribution is 6.30. The molecule has 3 N–H and O–H groups in total. The number of aliphatic imine (C=N–C) groups is 1. The lowest BCUT2D eigenvalue weighted by atomic mass is 9.82. The molecule has 2 aromatic carbocycles. The number of nitrogens with zero attached hydrogens (tertiary/aromatic N) is 4. The first-order chi connectivity index (χ1) is 21.4. The van der Waals surface area contributed by atoms with E-state index in [2.05, 4.69) is 20.4 Å². The molecule has 4 aromatic rings. The summed E-state index contributed by atoms with van der Waals surface area (Å²) in [4.78, 5) is 51.0. The number of primary amides is 1. The number of benzene rings is 2. The minimum absolute atomic E-state index is 0.0601. The number of hydrogen-bond donors (Lipinski definition) is 2. The molecular formula is C31H26ClF3N6O4.